The van der Waals surface area contributed by atoms with Crippen LogP contribution in [0, 0.1) is 5.41 Å². The minimum absolute atomic E-state index is 0.292. The molecule has 0 amide bonds. The third-order valence-electron chi connectivity index (χ3n) is 1.30. The molecule has 2 N–H and O–H groups in total. The molecule has 10 heavy (non-hydrogen) atoms. The van der Waals surface area contributed by atoms with Crippen LogP contribution in [0.2, 0.25) is 0 Å². The Balaban J connectivity index is 2.91. The lowest BCUT2D eigenvalue weighted by atomic mass is 10.1. The average molecular weight is 135 g/mol. The van der Waals surface area contributed by atoms with E-state index in [0.29, 0.717) is 11.5 Å². The van der Waals surface area contributed by atoms with Crippen molar-refractivity contribution in [3.63, 3.8) is 0 Å². The van der Waals surface area contributed by atoms with E-state index in [9.17, 15) is 0 Å². The van der Waals surface area contributed by atoms with Crippen LogP contribution in [0.5, 0.6) is 0 Å². The first-order chi connectivity index (χ1) is 4.70. The predicted octanol–water partition coefficient (Wildman–Crippen LogP) is 1.96. The Labute approximate surface area is 59.7 Å². The first-order valence-electron chi connectivity index (χ1n) is 3.04. The number of hydrogen-bond donors (Lipinski definition) is 2. The van der Waals surface area contributed by atoms with Crippen LogP contribution in [0.25, 0.3) is 0 Å². The van der Waals surface area contributed by atoms with Gasteiger partial charge in [0.1, 0.15) is 0 Å². The fourth-order valence-electron chi connectivity index (χ4n) is 0.711. The second-order valence-electron chi connectivity index (χ2n) is 2.16. The van der Waals surface area contributed by atoms with Crippen molar-refractivity contribution in [2.24, 2.45) is 0 Å². The molecule has 1 aliphatic rings. The number of allylic oxidation sites excluding steroid dienone is 6. The fraction of sp³-hybridized carbons (Fsp3) is 0.125. The van der Waals surface area contributed by atoms with Gasteiger partial charge < -0.3 is 10.5 Å². The van der Waals surface area contributed by atoms with Gasteiger partial charge in [-0.15, -0.1) is 0 Å². The van der Waals surface area contributed by atoms with Crippen molar-refractivity contribution in [3.05, 3.63) is 35.6 Å². The van der Waals surface area contributed by atoms with Crippen molar-refractivity contribution in [2.45, 2.75) is 6.92 Å². The van der Waals surface area contributed by atoms with Crippen molar-refractivity contribution >= 4 is 5.71 Å². The summed E-state index contributed by atoms with van der Waals surface area (Å²) in [7, 11) is 0. The maximum atomic E-state index is 8.97. The Kier molecular flexibility index (Phi) is 1.71. The zero-order valence-corrected chi connectivity index (χ0v) is 5.76. The number of rotatable bonds is 0. The number of aliphatic hydroxyl groups excluding tert-OH is 1. The van der Waals surface area contributed by atoms with Gasteiger partial charge in [0, 0.05) is 5.57 Å². The summed E-state index contributed by atoms with van der Waals surface area (Å²) in [5.74, 6) is 0.292. The number of hydrogen-bond acceptors (Lipinski definition) is 2. The van der Waals surface area contributed by atoms with Gasteiger partial charge in [-0.05, 0) is 31.2 Å². The summed E-state index contributed by atoms with van der Waals surface area (Å²) in [6.07, 6.45) is 6.74. The lowest BCUT2D eigenvalue weighted by Crippen LogP contribution is -1.92. The Morgan fingerprint density at radius 3 is 2.20 bits per heavy atom. The molecule has 0 radical (unpaired) electrons. The number of aliphatic hydroxyl groups is 1. The van der Waals surface area contributed by atoms with Crippen LogP contribution in [0.15, 0.2) is 35.6 Å². The van der Waals surface area contributed by atoms with E-state index >= 15 is 0 Å². The molecule has 0 aromatic rings. The largest absolute Gasteiger partial charge is 0.512 e. The monoisotopic (exact) mass is 135 g/mol. The highest BCUT2D eigenvalue weighted by atomic mass is 16.3. The fourth-order valence-corrected chi connectivity index (χ4v) is 0.711. The standard InChI is InChI=1S/C8H9NO/c1-6(10)7-2-4-8(9)5-3-7/h2-5,9-10H,1H3. The van der Waals surface area contributed by atoms with E-state index in [4.69, 9.17) is 10.5 Å². The van der Waals surface area contributed by atoms with E-state index < -0.39 is 0 Å². The van der Waals surface area contributed by atoms with Crippen molar-refractivity contribution < 1.29 is 5.11 Å². The second kappa shape index (κ2) is 2.52. The molecule has 0 fully saturated rings. The van der Waals surface area contributed by atoms with Crippen LogP contribution < -0.4 is 0 Å². The third-order valence-corrected chi connectivity index (χ3v) is 1.30. The highest BCUT2D eigenvalue weighted by Crippen LogP contribution is 2.08. The Bertz CT molecular complexity index is 224. The van der Waals surface area contributed by atoms with Crippen molar-refractivity contribution in [1.29, 1.82) is 5.41 Å². The van der Waals surface area contributed by atoms with E-state index in [1.807, 2.05) is 0 Å². The Hall–Kier alpha value is -1.31. The molecule has 0 saturated carbocycles. The Morgan fingerprint density at radius 1 is 1.30 bits per heavy atom. The predicted molar refractivity (Wildman–Crippen MR) is 41.3 cm³/mol. The first kappa shape index (κ1) is 6.81. The maximum Gasteiger partial charge on any atom is 0.0963 e. The molecular weight excluding hydrogens is 126 g/mol. The van der Waals surface area contributed by atoms with Crippen LogP contribution >= 0.6 is 0 Å². The Morgan fingerprint density at radius 2 is 1.80 bits per heavy atom. The summed E-state index contributed by atoms with van der Waals surface area (Å²) < 4.78 is 0. The molecule has 0 aliphatic heterocycles. The SMILES string of the molecule is CC(O)=C1C=CC(=N)C=C1. The minimum atomic E-state index is 0.292. The molecule has 1 rings (SSSR count). The molecule has 0 bridgehead atoms. The van der Waals surface area contributed by atoms with Gasteiger partial charge in [0.25, 0.3) is 0 Å². The van der Waals surface area contributed by atoms with Crippen molar-refractivity contribution in [3.8, 4) is 0 Å². The molecule has 1 aliphatic carbocycles. The zero-order valence-electron chi connectivity index (χ0n) is 5.76. The van der Waals surface area contributed by atoms with E-state index in [2.05, 4.69) is 0 Å². The van der Waals surface area contributed by atoms with Gasteiger partial charge >= 0.3 is 0 Å². The second-order valence-corrected chi connectivity index (χ2v) is 2.16. The van der Waals surface area contributed by atoms with Gasteiger partial charge in [-0.2, -0.15) is 0 Å². The van der Waals surface area contributed by atoms with Crippen LogP contribution in [0.3, 0.4) is 0 Å². The molecule has 52 valence electrons. The summed E-state index contributed by atoms with van der Waals surface area (Å²) in [5.41, 5.74) is 1.24. The smallest absolute Gasteiger partial charge is 0.0963 e. The summed E-state index contributed by atoms with van der Waals surface area (Å²) in [4.78, 5) is 0. The molecule has 0 spiro atoms. The van der Waals surface area contributed by atoms with Crippen molar-refractivity contribution in [1.82, 2.24) is 0 Å². The third kappa shape index (κ3) is 1.35. The summed E-state index contributed by atoms with van der Waals surface area (Å²) >= 11 is 0. The van der Waals surface area contributed by atoms with E-state index in [0.717, 1.165) is 5.57 Å². The van der Waals surface area contributed by atoms with Crippen LogP contribution in [-0.2, 0) is 0 Å². The summed E-state index contributed by atoms with van der Waals surface area (Å²) in [6, 6.07) is 0. The highest BCUT2D eigenvalue weighted by molar-refractivity contribution is 6.03. The average Bonchev–Trinajstić information content (AvgIpc) is 1.88. The molecule has 0 unspecified atom stereocenters. The zero-order chi connectivity index (χ0) is 7.56. The van der Waals surface area contributed by atoms with Gasteiger partial charge in [-0.1, -0.05) is 0 Å². The van der Waals surface area contributed by atoms with E-state index in [1.54, 1.807) is 31.2 Å². The molecule has 0 saturated heterocycles. The summed E-state index contributed by atoms with van der Waals surface area (Å²) in [6.45, 7) is 1.62. The number of nitrogens with one attached hydrogen (secondary N) is 1. The molecule has 0 aromatic carbocycles. The van der Waals surface area contributed by atoms with Gasteiger partial charge in [-0.3, -0.25) is 0 Å². The molecule has 2 heteroatoms. The lowest BCUT2D eigenvalue weighted by molar-refractivity contribution is 0.411. The first-order valence-corrected chi connectivity index (χ1v) is 3.04. The minimum Gasteiger partial charge on any atom is -0.512 e. The van der Waals surface area contributed by atoms with Gasteiger partial charge in [0.05, 0.1) is 11.5 Å². The maximum absolute atomic E-state index is 8.97. The van der Waals surface area contributed by atoms with Crippen molar-refractivity contribution in [2.75, 3.05) is 0 Å². The van der Waals surface area contributed by atoms with Gasteiger partial charge in [-0.25, -0.2) is 0 Å². The lowest BCUT2D eigenvalue weighted by Gasteiger charge is -2.00. The van der Waals surface area contributed by atoms with E-state index in [-0.39, 0.29) is 0 Å². The molecular formula is C8H9NO. The van der Waals surface area contributed by atoms with Crippen LogP contribution in [0.1, 0.15) is 6.92 Å². The molecule has 2 nitrogen and oxygen atoms in total. The summed E-state index contributed by atoms with van der Waals surface area (Å²) in [5, 5.41) is 16.1. The van der Waals surface area contributed by atoms with Crippen LogP contribution in [0.4, 0.5) is 0 Å². The quantitative estimate of drug-likeness (QED) is 0.490. The molecule has 0 aromatic heterocycles. The molecule has 0 heterocycles. The topological polar surface area (TPSA) is 44.1 Å². The molecule has 0 atom stereocenters. The highest BCUT2D eigenvalue weighted by Gasteiger charge is 1.97. The van der Waals surface area contributed by atoms with Crippen LogP contribution in [-0.4, -0.2) is 10.8 Å². The van der Waals surface area contributed by atoms with Gasteiger partial charge in [0.15, 0.2) is 0 Å². The van der Waals surface area contributed by atoms with Gasteiger partial charge in [0.2, 0.25) is 0 Å². The normalized spacial score (nSPS) is 16.1. The van der Waals surface area contributed by atoms with E-state index in [1.165, 1.54) is 0 Å².